The van der Waals surface area contributed by atoms with Crippen molar-refractivity contribution < 1.29 is 17.9 Å². The third-order valence-corrected chi connectivity index (χ3v) is 4.21. The van der Waals surface area contributed by atoms with Crippen LogP contribution in [0.4, 0.5) is 13.2 Å². The van der Waals surface area contributed by atoms with Crippen LogP contribution in [0.3, 0.4) is 0 Å². The van der Waals surface area contributed by atoms with Crippen LogP contribution in [0, 0.1) is 5.92 Å². The zero-order chi connectivity index (χ0) is 17.9. The largest absolute Gasteiger partial charge is 0.438 e. The van der Waals surface area contributed by atoms with Gasteiger partial charge in [-0.15, -0.1) is 0 Å². The first-order chi connectivity index (χ1) is 11.9. The molecule has 1 aliphatic rings. The van der Waals surface area contributed by atoms with Gasteiger partial charge < -0.3 is 10.1 Å². The maximum absolute atomic E-state index is 12.6. The van der Waals surface area contributed by atoms with Crippen LogP contribution in [0.25, 0.3) is 6.08 Å². The van der Waals surface area contributed by atoms with Gasteiger partial charge in [-0.05, 0) is 31.0 Å². The summed E-state index contributed by atoms with van der Waals surface area (Å²) in [5.74, 6) is 1.15. The van der Waals surface area contributed by atoms with Gasteiger partial charge in [-0.3, -0.25) is 0 Å². The van der Waals surface area contributed by atoms with E-state index in [1.165, 1.54) is 11.6 Å². The SMILES string of the molecule is C[C@H]1CNCC/C1=C\c1ccccc1Oc1ccc(C(F)(F)F)cn1. The van der Waals surface area contributed by atoms with Gasteiger partial charge in [0.05, 0.1) is 5.56 Å². The van der Waals surface area contributed by atoms with Crippen LogP contribution in [0.5, 0.6) is 11.6 Å². The van der Waals surface area contributed by atoms with E-state index in [-0.39, 0.29) is 5.88 Å². The summed E-state index contributed by atoms with van der Waals surface area (Å²) in [5.41, 5.74) is 1.43. The average Bonchev–Trinajstić information content (AvgIpc) is 2.58. The van der Waals surface area contributed by atoms with Crippen molar-refractivity contribution in [3.05, 3.63) is 59.3 Å². The van der Waals surface area contributed by atoms with Crippen molar-refractivity contribution in [3.63, 3.8) is 0 Å². The molecular formula is C19H19F3N2O. The minimum absolute atomic E-state index is 0.136. The fourth-order valence-electron chi connectivity index (χ4n) is 2.76. The lowest BCUT2D eigenvalue weighted by Crippen LogP contribution is -2.29. The van der Waals surface area contributed by atoms with Crippen LogP contribution in [0.1, 0.15) is 24.5 Å². The molecule has 2 aromatic rings. The fourth-order valence-corrected chi connectivity index (χ4v) is 2.76. The predicted octanol–water partition coefficient (Wildman–Crippen LogP) is 4.91. The number of hydrogen-bond donors (Lipinski definition) is 1. The Labute approximate surface area is 144 Å². The van der Waals surface area contributed by atoms with E-state index >= 15 is 0 Å². The van der Waals surface area contributed by atoms with Crippen molar-refractivity contribution in [2.45, 2.75) is 19.5 Å². The van der Waals surface area contributed by atoms with Crippen molar-refractivity contribution in [1.29, 1.82) is 0 Å². The molecular weight excluding hydrogens is 329 g/mol. The monoisotopic (exact) mass is 348 g/mol. The second-order valence-electron chi connectivity index (χ2n) is 6.10. The smallest absolute Gasteiger partial charge is 0.417 e. The quantitative estimate of drug-likeness (QED) is 0.856. The number of nitrogens with zero attached hydrogens (tertiary/aromatic N) is 1. The molecule has 1 saturated heterocycles. The van der Waals surface area contributed by atoms with Crippen molar-refractivity contribution >= 4 is 6.08 Å². The normalized spacial score (nSPS) is 19.8. The number of hydrogen-bond acceptors (Lipinski definition) is 3. The average molecular weight is 348 g/mol. The number of para-hydroxylation sites is 1. The highest BCUT2D eigenvalue weighted by molar-refractivity contribution is 5.61. The Morgan fingerprint density at radius 3 is 2.68 bits per heavy atom. The Morgan fingerprint density at radius 2 is 2.00 bits per heavy atom. The van der Waals surface area contributed by atoms with Gasteiger partial charge in [-0.2, -0.15) is 13.2 Å². The summed E-state index contributed by atoms with van der Waals surface area (Å²) in [6.07, 6.45) is -0.552. The van der Waals surface area contributed by atoms with Gasteiger partial charge in [-0.1, -0.05) is 36.8 Å². The molecule has 0 radical (unpaired) electrons. The van der Waals surface area contributed by atoms with E-state index < -0.39 is 11.7 Å². The van der Waals surface area contributed by atoms with Gasteiger partial charge in [-0.25, -0.2) is 4.98 Å². The van der Waals surface area contributed by atoms with Crippen molar-refractivity contribution in [2.75, 3.05) is 13.1 Å². The third kappa shape index (κ3) is 4.39. The molecule has 0 unspecified atom stereocenters. The Morgan fingerprint density at radius 1 is 1.20 bits per heavy atom. The molecule has 0 saturated carbocycles. The lowest BCUT2D eigenvalue weighted by Gasteiger charge is -2.23. The third-order valence-electron chi connectivity index (χ3n) is 4.21. The summed E-state index contributed by atoms with van der Waals surface area (Å²) >= 11 is 0. The topological polar surface area (TPSA) is 34.1 Å². The molecule has 1 N–H and O–H groups in total. The Bertz CT molecular complexity index is 754. The van der Waals surface area contributed by atoms with Gasteiger partial charge in [0.1, 0.15) is 5.75 Å². The summed E-state index contributed by atoms with van der Waals surface area (Å²) in [6.45, 7) is 4.05. The molecule has 3 rings (SSSR count). The van der Waals surface area contributed by atoms with E-state index in [0.717, 1.165) is 37.3 Å². The number of alkyl halides is 3. The zero-order valence-electron chi connectivity index (χ0n) is 13.8. The lowest BCUT2D eigenvalue weighted by atomic mass is 9.92. The van der Waals surface area contributed by atoms with Crippen LogP contribution < -0.4 is 10.1 Å². The number of aromatic nitrogens is 1. The molecule has 1 aliphatic heterocycles. The minimum atomic E-state index is -4.40. The summed E-state index contributed by atoms with van der Waals surface area (Å²) < 4.78 is 43.6. The molecule has 2 heterocycles. The van der Waals surface area contributed by atoms with E-state index in [9.17, 15) is 13.2 Å². The van der Waals surface area contributed by atoms with E-state index in [1.54, 1.807) is 6.07 Å². The van der Waals surface area contributed by atoms with Crippen LogP contribution in [-0.4, -0.2) is 18.1 Å². The van der Waals surface area contributed by atoms with E-state index in [2.05, 4.69) is 23.3 Å². The predicted molar refractivity (Wildman–Crippen MR) is 90.4 cm³/mol. The molecule has 1 aromatic carbocycles. The minimum Gasteiger partial charge on any atom is -0.438 e. The van der Waals surface area contributed by atoms with Crippen LogP contribution in [0.15, 0.2) is 48.2 Å². The Hall–Kier alpha value is -2.34. The number of nitrogens with one attached hydrogen (secondary N) is 1. The first-order valence-corrected chi connectivity index (χ1v) is 8.15. The first kappa shape index (κ1) is 17.5. The highest BCUT2D eigenvalue weighted by Crippen LogP contribution is 2.32. The van der Waals surface area contributed by atoms with Gasteiger partial charge in [0.15, 0.2) is 0 Å². The van der Waals surface area contributed by atoms with Crippen molar-refractivity contribution in [2.24, 2.45) is 5.92 Å². The molecule has 1 aromatic heterocycles. The second-order valence-corrected chi connectivity index (χ2v) is 6.10. The molecule has 0 amide bonds. The molecule has 0 bridgehead atoms. The number of pyridine rings is 1. The number of ether oxygens (including phenoxy) is 1. The number of halogens is 3. The molecule has 25 heavy (non-hydrogen) atoms. The van der Waals surface area contributed by atoms with Gasteiger partial charge in [0.2, 0.25) is 5.88 Å². The number of piperidine rings is 1. The maximum Gasteiger partial charge on any atom is 0.417 e. The van der Waals surface area contributed by atoms with Crippen LogP contribution in [0.2, 0.25) is 0 Å². The molecule has 3 nitrogen and oxygen atoms in total. The van der Waals surface area contributed by atoms with Crippen LogP contribution >= 0.6 is 0 Å². The molecule has 0 spiro atoms. The zero-order valence-corrected chi connectivity index (χ0v) is 13.8. The summed E-state index contributed by atoms with van der Waals surface area (Å²) in [5, 5.41) is 3.35. The standard InChI is InChI=1S/C19H19F3N2O/c1-13-11-23-9-8-14(13)10-15-4-2-3-5-17(15)25-18-7-6-16(12-24-18)19(20,21)22/h2-7,10,12-13,23H,8-9,11H2,1H3/b14-10+/t13-/m0/s1. The number of rotatable bonds is 3. The van der Waals surface area contributed by atoms with Gasteiger partial charge in [0, 0.05) is 24.4 Å². The second kappa shape index (κ2) is 7.27. The van der Waals surface area contributed by atoms with Crippen molar-refractivity contribution in [1.82, 2.24) is 10.3 Å². The Kier molecular flexibility index (Phi) is 5.08. The van der Waals surface area contributed by atoms with Crippen molar-refractivity contribution in [3.8, 4) is 11.6 Å². The highest BCUT2D eigenvalue weighted by atomic mass is 19.4. The molecule has 6 heteroatoms. The molecule has 0 aliphatic carbocycles. The summed E-state index contributed by atoms with van der Waals surface area (Å²) in [4.78, 5) is 3.77. The van der Waals surface area contributed by atoms with Gasteiger partial charge in [0.25, 0.3) is 0 Å². The van der Waals surface area contributed by atoms with E-state index in [0.29, 0.717) is 11.7 Å². The summed E-state index contributed by atoms with van der Waals surface area (Å²) in [7, 11) is 0. The highest BCUT2D eigenvalue weighted by Gasteiger charge is 2.30. The first-order valence-electron chi connectivity index (χ1n) is 8.15. The Balaban J connectivity index is 1.83. The maximum atomic E-state index is 12.6. The fraction of sp³-hybridized carbons (Fsp3) is 0.316. The van der Waals surface area contributed by atoms with E-state index in [4.69, 9.17) is 4.74 Å². The molecule has 1 fully saturated rings. The van der Waals surface area contributed by atoms with Gasteiger partial charge >= 0.3 is 6.18 Å². The lowest BCUT2D eigenvalue weighted by molar-refractivity contribution is -0.137. The summed E-state index contributed by atoms with van der Waals surface area (Å²) in [6, 6.07) is 9.66. The molecule has 132 valence electrons. The van der Waals surface area contributed by atoms with E-state index in [1.807, 2.05) is 18.2 Å². The number of benzene rings is 1. The van der Waals surface area contributed by atoms with Crippen LogP contribution in [-0.2, 0) is 6.18 Å². The molecule has 1 atom stereocenters.